The van der Waals surface area contributed by atoms with Crippen LogP contribution in [0.5, 0.6) is 11.5 Å². The number of aromatic amines is 1. The van der Waals surface area contributed by atoms with Crippen LogP contribution in [-0.2, 0) is 11.2 Å². The van der Waals surface area contributed by atoms with Gasteiger partial charge in [-0.15, -0.1) is 0 Å². The summed E-state index contributed by atoms with van der Waals surface area (Å²) in [6.07, 6.45) is 0.525. The highest BCUT2D eigenvalue weighted by Gasteiger charge is 2.10. The van der Waals surface area contributed by atoms with Gasteiger partial charge in [0.05, 0.1) is 24.6 Å². The first kappa shape index (κ1) is 18.4. The van der Waals surface area contributed by atoms with Gasteiger partial charge in [0.1, 0.15) is 5.82 Å². The predicted molar refractivity (Wildman–Crippen MR) is 103 cm³/mol. The second-order valence-electron chi connectivity index (χ2n) is 5.88. The number of carbonyl (C=O) groups is 1. The maximum absolute atomic E-state index is 12.2. The minimum atomic E-state index is -0.202. The number of rotatable bonds is 7. The van der Waals surface area contributed by atoms with E-state index in [-0.39, 0.29) is 17.9 Å². The number of anilines is 1. The van der Waals surface area contributed by atoms with Crippen LogP contribution in [0.3, 0.4) is 0 Å². The lowest BCUT2D eigenvalue weighted by Crippen LogP contribution is -2.16. The number of methoxy groups -OCH3 is 1. The quantitative estimate of drug-likeness (QED) is 0.670. The number of ether oxygens (including phenoxy) is 2. The summed E-state index contributed by atoms with van der Waals surface area (Å²) < 4.78 is 10.7. The van der Waals surface area contributed by atoms with Gasteiger partial charge >= 0.3 is 0 Å². The number of para-hydroxylation sites is 1. The number of nitrogens with zero attached hydrogens (tertiary/aromatic N) is 1. The number of hydrogen-bond acceptors (Lipinski definition) is 5. The van der Waals surface area contributed by atoms with Gasteiger partial charge < -0.3 is 19.8 Å². The highest BCUT2D eigenvalue weighted by atomic mass is 16.5. The summed E-state index contributed by atoms with van der Waals surface area (Å²) in [6.45, 7) is 2.42. The fraction of sp³-hybridized carbons (Fsp3) is 0.250. The summed E-state index contributed by atoms with van der Waals surface area (Å²) >= 11 is 0. The van der Waals surface area contributed by atoms with Gasteiger partial charge in [-0.1, -0.05) is 12.1 Å². The van der Waals surface area contributed by atoms with E-state index >= 15 is 0 Å². The first-order chi connectivity index (χ1) is 13.1. The van der Waals surface area contributed by atoms with E-state index in [2.05, 4.69) is 15.3 Å². The van der Waals surface area contributed by atoms with Crippen molar-refractivity contribution >= 4 is 22.5 Å². The molecule has 1 amide bonds. The van der Waals surface area contributed by atoms with Crippen LogP contribution in [0.1, 0.15) is 19.2 Å². The van der Waals surface area contributed by atoms with Crippen molar-refractivity contribution in [1.29, 1.82) is 0 Å². The van der Waals surface area contributed by atoms with E-state index < -0.39 is 0 Å². The zero-order valence-electron chi connectivity index (χ0n) is 15.2. The highest BCUT2D eigenvalue weighted by molar-refractivity contribution is 5.91. The van der Waals surface area contributed by atoms with Crippen molar-refractivity contribution in [1.82, 2.24) is 9.97 Å². The lowest BCUT2D eigenvalue weighted by atomic mass is 10.2. The molecule has 1 heterocycles. The van der Waals surface area contributed by atoms with Crippen LogP contribution in [0.2, 0.25) is 0 Å². The standard InChI is InChI=1S/C20H21N3O4/c1-3-27-16-9-8-13(12-17(16)26-2)21-19(24)11-10-18-22-15-7-5-4-6-14(15)20(25)23-18/h4-9,12H,3,10-11H2,1-2H3,(H,21,24)(H,22,23,25). The number of nitrogens with one attached hydrogen (secondary N) is 2. The largest absolute Gasteiger partial charge is 0.493 e. The van der Waals surface area contributed by atoms with Crippen molar-refractivity contribution in [3.63, 3.8) is 0 Å². The smallest absolute Gasteiger partial charge is 0.258 e. The van der Waals surface area contributed by atoms with Crippen molar-refractivity contribution in [2.24, 2.45) is 0 Å². The summed E-state index contributed by atoms with van der Waals surface area (Å²) in [5, 5.41) is 3.35. The van der Waals surface area contributed by atoms with Crippen LogP contribution in [0, 0.1) is 0 Å². The highest BCUT2D eigenvalue weighted by Crippen LogP contribution is 2.30. The first-order valence-corrected chi connectivity index (χ1v) is 8.69. The van der Waals surface area contributed by atoms with Gasteiger partial charge in [0.25, 0.3) is 5.56 Å². The molecule has 3 rings (SSSR count). The van der Waals surface area contributed by atoms with Crippen LogP contribution in [0.4, 0.5) is 5.69 Å². The van der Waals surface area contributed by atoms with Crippen molar-refractivity contribution in [2.45, 2.75) is 19.8 Å². The molecule has 0 atom stereocenters. The van der Waals surface area contributed by atoms with E-state index in [4.69, 9.17) is 9.47 Å². The molecule has 0 saturated carbocycles. The molecule has 27 heavy (non-hydrogen) atoms. The maximum atomic E-state index is 12.2. The number of H-pyrrole nitrogens is 1. The number of amides is 1. The Morgan fingerprint density at radius 2 is 2.00 bits per heavy atom. The van der Waals surface area contributed by atoms with E-state index in [9.17, 15) is 9.59 Å². The fourth-order valence-electron chi connectivity index (χ4n) is 2.73. The molecule has 0 spiro atoms. The Bertz CT molecular complexity index is 1010. The van der Waals surface area contributed by atoms with E-state index in [0.29, 0.717) is 46.9 Å². The van der Waals surface area contributed by atoms with Crippen molar-refractivity contribution in [3.8, 4) is 11.5 Å². The Hall–Kier alpha value is -3.35. The molecular weight excluding hydrogens is 346 g/mol. The number of aromatic nitrogens is 2. The third-order valence-electron chi connectivity index (χ3n) is 4.00. The molecule has 0 aliphatic rings. The summed E-state index contributed by atoms with van der Waals surface area (Å²) in [4.78, 5) is 31.4. The van der Waals surface area contributed by atoms with E-state index in [1.54, 1.807) is 43.5 Å². The SMILES string of the molecule is CCOc1ccc(NC(=O)CCc2nc3ccccc3c(=O)[nH]2)cc1OC. The summed E-state index contributed by atoms with van der Waals surface area (Å²) in [7, 11) is 1.55. The van der Waals surface area contributed by atoms with Crippen molar-refractivity contribution in [2.75, 3.05) is 19.0 Å². The Labute approximate surface area is 156 Å². The number of benzene rings is 2. The van der Waals surface area contributed by atoms with E-state index in [0.717, 1.165) is 0 Å². The molecule has 0 bridgehead atoms. The second-order valence-corrected chi connectivity index (χ2v) is 5.88. The van der Waals surface area contributed by atoms with E-state index in [1.807, 2.05) is 13.0 Å². The van der Waals surface area contributed by atoms with Gasteiger partial charge in [0, 0.05) is 24.6 Å². The van der Waals surface area contributed by atoms with Crippen LogP contribution in [0.25, 0.3) is 10.9 Å². The summed E-state index contributed by atoms with van der Waals surface area (Å²) in [5.41, 5.74) is 1.03. The van der Waals surface area contributed by atoms with Crippen LogP contribution in [-0.4, -0.2) is 29.6 Å². The normalized spacial score (nSPS) is 10.6. The molecule has 7 nitrogen and oxygen atoms in total. The van der Waals surface area contributed by atoms with Gasteiger partial charge in [-0.05, 0) is 31.2 Å². The van der Waals surface area contributed by atoms with Crippen LogP contribution >= 0.6 is 0 Å². The number of hydrogen-bond donors (Lipinski definition) is 2. The number of fused-ring (bicyclic) bond motifs is 1. The molecule has 7 heteroatoms. The second kappa shape index (κ2) is 8.35. The molecule has 140 valence electrons. The third kappa shape index (κ3) is 4.44. The van der Waals surface area contributed by atoms with Crippen molar-refractivity contribution < 1.29 is 14.3 Å². The lowest BCUT2D eigenvalue weighted by Gasteiger charge is -2.11. The molecule has 2 N–H and O–H groups in total. The van der Waals surface area contributed by atoms with Crippen LogP contribution in [0.15, 0.2) is 47.3 Å². The first-order valence-electron chi connectivity index (χ1n) is 8.69. The average molecular weight is 367 g/mol. The monoisotopic (exact) mass is 367 g/mol. The van der Waals surface area contributed by atoms with Crippen molar-refractivity contribution in [3.05, 3.63) is 58.6 Å². The Kier molecular flexibility index (Phi) is 5.71. The third-order valence-corrected chi connectivity index (χ3v) is 4.00. The van der Waals surface area contributed by atoms with Gasteiger partial charge in [0.15, 0.2) is 11.5 Å². The maximum Gasteiger partial charge on any atom is 0.258 e. The lowest BCUT2D eigenvalue weighted by molar-refractivity contribution is -0.116. The van der Waals surface area contributed by atoms with Gasteiger partial charge in [-0.3, -0.25) is 9.59 Å². The van der Waals surface area contributed by atoms with Crippen LogP contribution < -0.4 is 20.3 Å². The molecule has 0 saturated heterocycles. The summed E-state index contributed by atoms with van der Waals surface area (Å²) in [6, 6.07) is 12.3. The zero-order valence-corrected chi connectivity index (χ0v) is 15.2. The van der Waals surface area contributed by atoms with Gasteiger partial charge in [-0.25, -0.2) is 4.98 Å². The number of carbonyl (C=O) groups excluding carboxylic acids is 1. The minimum absolute atomic E-state index is 0.183. The molecule has 0 unspecified atom stereocenters. The minimum Gasteiger partial charge on any atom is -0.493 e. The molecule has 0 aliphatic carbocycles. The molecule has 2 aromatic carbocycles. The van der Waals surface area contributed by atoms with Gasteiger partial charge in [-0.2, -0.15) is 0 Å². The molecule has 0 fully saturated rings. The topological polar surface area (TPSA) is 93.3 Å². The molecule has 0 radical (unpaired) electrons. The fourth-order valence-corrected chi connectivity index (χ4v) is 2.73. The Balaban J connectivity index is 1.65. The average Bonchev–Trinajstić information content (AvgIpc) is 2.68. The van der Waals surface area contributed by atoms with E-state index in [1.165, 1.54) is 0 Å². The zero-order chi connectivity index (χ0) is 19.2. The number of aryl methyl sites for hydroxylation is 1. The Morgan fingerprint density at radius 3 is 2.78 bits per heavy atom. The Morgan fingerprint density at radius 1 is 1.19 bits per heavy atom. The molecule has 1 aromatic heterocycles. The summed E-state index contributed by atoms with van der Waals surface area (Å²) in [5.74, 6) is 1.47. The molecule has 0 aliphatic heterocycles. The van der Waals surface area contributed by atoms with Gasteiger partial charge in [0.2, 0.25) is 5.91 Å². The molecule has 3 aromatic rings. The predicted octanol–water partition coefficient (Wildman–Crippen LogP) is 2.90. The molecular formula is C20H21N3O4.